The highest BCUT2D eigenvalue weighted by molar-refractivity contribution is 5.97. The highest BCUT2D eigenvalue weighted by Crippen LogP contribution is 2.30. The monoisotopic (exact) mass is 442 g/mol. The van der Waals surface area contributed by atoms with Crippen molar-refractivity contribution in [1.29, 1.82) is 0 Å². The van der Waals surface area contributed by atoms with Crippen LogP contribution < -0.4 is 5.32 Å². The van der Waals surface area contributed by atoms with Crippen LogP contribution in [0.5, 0.6) is 0 Å². The van der Waals surface area contributed by atoms with E-state index >= 15 is 0 Å². The van der Waals surface area contributed by atoms with E-state index in [1.54, 1.807) is 0 Å². The van der Waals surface area contributed by atoms with Crippen LogP contribution in [0.4, 0.5) is 0 Å². The van der Waals surface area contributed by atoms with E-state index in [1.807, 2.05) is 47.4 Å². The summed E-state index contributed by atoms with van der Waals surface area (Å²) in [5.41, 5.74) is 5.98. The number of nitrogens with one attached hydrogen (secondary N) is 1. The summed E-state index contributed by atoms with van der Waals surface area (Å²) in [6.07, 6.45) is 5.88. The van der Waals surface area contributed by atoms with Crippen LogP contribution in [0.3, 0.4) is 0 Å². The molecule has 2 fully saturated rings. The molecule has 1 N–H and O–H groups in total. The van der Waals surface area contributed by atoms with Crippen molar-refractivity contribution in [2.75, 3.05) is 0 Å². The quantitative estimate of drug-likeness (QED) is 0.559. The number of carbonyl (C=O) groups is 2. The normalized spacial score (nSPS) is 15.5. The predicted octanol–water partition coefficient (Wildman–Crippen LogP) is 4.45. The fourth-order valence-electron chi connectivity index (χ4n) is 4.20. The first kappa shape index (κ1) is 21.6. The van der Waals surface area contributed by atoms with Crippen molar-refractivity contribution in [2.24, 2.45) is 0 Å². The largest absolute Gasteiger partial charge is 0.349 e. The maximum Gasteiger partial charge on any atom is 0.254 e. The van der Waals surface area contributed by atoms with Crippen LogP contribution in [0.25, 0.3) is 11.0 Å². The van der Waals surface area contributed by atoms with Gasteiger partial charge in [-0.2, -0.15) is 0 Å². The number of fused-ring (bicyclic) bond motifs is 1. The number of nitrogens with zero attached hydrogens (tertiary/aromatic N) is 3. The number of amides is 2. The predicted molar refractivity (Wildman–Crippen MR) is 128 cm³/mol. The van der Waals surface area contributed by atoms with Crippen molar-refractivity contribution in [2.45, 2.75) is 71.0 Å². The molecule has 2 amide bonds. The molecule has 170 valence electrons. The molecule has 0 saturated heterocycles. The summed E-state index contributed by atoms with van der Waals surface area (Å²) in [6.45, 7) is 4.71. The molecule has 6 nitrogen and oxygen atoms in total. The van der Waals surface area contributed by atoms with Crippen molar-refractivity contribution in [3.05, 3.63) is 70.5 Å². The summed E-state index contributed by atoms with van der Waals surface area (Å²) in [5, 5.41) is 3.01. The van der Waals surface area contributed by atoms with E-state index in [-0.39, 0.29) is 17.9 Å². The molecular formula is C27H30N4O2. The number of rotatable bonds is 8. The van der Waals surface area contributed by atoms with Gasteiger partial charge in [-0.15, -0.1) is 0 Å². The molecule has 2 saturated carbocycles. The zero-order chi connectivity index (χ0) is 22.9. The molecule has 5 rings (SSSR count). The number of aryl methyl sites for hydroxylation is 2. The first-order chi connectivity index (χ1) is 16.1. The van der Waals surface area contributed by atoms with Crippen molar-refractivity contribution >= 4 is 22.8 Å². The standard InChI is InChI=1S/C27H30N4O2/c1-3-22-23(4-2)30-25-15-19(9-14-24(25)29-22)27(33)31(21-12-13-21)16-17-5-7-18(8-6-17)26(32)28-20-10-11-20/h5-9,14-15,20-21H,3-4,10-13,16H2,1-2H3,(H,28,32). The van der Waals surface area contributed by atoms with Crippen LogP contribution in [-0.4, -0.2) is 38.8 Å². The molecule has 2 aliphatic carbocycles. The highest BCUT2D eigenvalue weighted by atomic mass is 16.2. The van der Waals surface area contributed by atoms with Gasteiger partial charge in [-0.05, 0) is 74.4 Å². The summed E-state index contributed by atoms with van der Waals surface area (Å²) < 4.78 is 0. The average molecular weight is 443 g/mol. The lowest BCUT2D eigenvalue weighted by Gasteiger charge is -2.23. The van der Waals surface area contributed by atoms with Crippen molar-refractivity contribution in [3.8, 4) is 0 Å². The summed E-state index contributed by atoms with van der Waals surface area (Å²) in [4.78, 5) is 37.2. The van der Waals surface area contributed by atoms with Crippen molar-refractivity contribution in [3.63, 3.8) is 0 Å². The lowest BCUT2D eigenvalue weighted by molar-refractivity contribution is 0.0729. The zero-order valence-electron chi connectivity index (χ0n) is 19.3. The molecule has 0 spiro atoms. The zero-order valence-corrected chi connectivity index (χ0v) is 19.3. The Kier molecular flexibility index (Phi) is 5.83. The maximum atomic E-state index is 13.5. The fourth-order valence-corrected chi connectivity index (χ4v) is 4.20. The van der Waals surface area contributed by atoms with Crippen molar-refractivity contribution < 1.29 is 9.59 Å². The summed E-state index contributed by atoms with van der Waals surface area (Å²) in [5.74, 6) is 0.00324. The second-order valence-corrected chi connectivity index (χ2v) is 9.14. The van der Waals surface area contributed by atoms with Crippen LogP contribution in [0.15, 0.2) is 42.5 Å². The summed E-state index contributed by atoms with van der Waals surface area (Å²) >= 11 is 0. The molecule has 0 radical (unpaired) electrons. The highest BCUT2D eigenvalue weighted by Gasteiger charge is 2.33. The number of aromatic nitrogens is 2. The molecule has 0 aliphatic heterocycles. The lowest BCUT2D eigenvalue weighted by atomic mass is 10.1. The Morgan fingerprint density at radius 1 is 0.879 bits per heavy atom. The molecule has 33 heavy (non-hydrogen) atoms. The van der Waals surface area contributed by atoms with E-state index in [2.05, 4.69) is 19.2 Å². The van der Waals surface area contributed by atoms with E-state index in [1.165, 1.54) is 0 Å². The van der Waals surface area contributed by atoms with Crippen LogP contribution >= 0.6 is 0 Å². The molecule has 6 heteroatoms. The van der Waals surface area contributed by atoms with E-state index in [0.717, 1.165) is 66.5 Å². The van der Waals surface area contributed by atoms with Crippen LogP contribution in [0.2, 0.25) is 0 Å². The molecule has 0 atom stereocenters. The molecule has 3 aromatic rings. The second-order valence-electron chi connectivity index (χ2n) is 9.14. The van der Waals surface area contributed by atoms with Gasteiger partial charge in [0.05, 0.1) is 22.4 Å². The van der Waals surface area contributed by atoms with E-state index in [4.69, 9.17) is 9.97 Å². The molecule has 1 aromatic heterocycles. The van der Waals surface area contributed by atoms with Crippen LogP contribution in [-0.2, 0) is 19.4 Å². The molecular weight excluding hydrogens is 412 g/mol. The Morgan fingerprint density at radius 3 is 2.12 bits per heavy atom. The third-order valence-electron chi connectivity index (χ3n) is 6.47. The van der Waals surface area contributed by atoms with Crippen LogP contribution in [0, 0.1) is 0 Å². The number of carbonyl (C=O) groups excluding carboxylic acids is 2. The van der Waals surface area contributed by atoms with Crippen molar-refractivity contribution in [1.82, 2.24) is 20.2 Å². The minimum absolute atomic E-state index is 0.0193. The molecule has 1 heterocycles. The topological polar surface area (TPSA) is 75.2 Å². The van der Waals surface area contributed by atoms with E-state index < -0.39 is 0 Å². The van der Waals surface area contributed by atoms with E-state index in [0.29, 0.717) is 23.7 Å². The number of benzene rings is 2. The summed E-state index contributed by atoms with van der Waals surface area (Å²) in [7, 11) is 0. The molecule has 2 aromatic carbocycles. The van der Waals surface area contributed by atoms with Gasteiger partial charge >= 0.3 is 0 Å². The third kappa shape index (κ3) is 4.75. The SMILES string of the molecule is CCc1nc2ccc(C(=O)N(Cc3ccc(C(=O)NC4CC4)cc3)C3CC3)cc2nc1CC. The first-order valence-corrected chi connectivity index (χ1v) is 12.1. The second kappa shape index (κ2) is 8.93. The minimum Gasteiger partial charge on any atom is -0.349 e. The van der Waals surface area contributed by atoms with Gasteiger partial charge in [0.25, 0.3) is 11.8 Å². The van der Waals surface area contributed by atoms with Gasteiger partial charge < -0.3 is 10.2 Å². The number of hydrogen-bond acceptors (Lipinski definition) is 4. The van der Waals surface area contributed by atoms with Crippen LogP contribution in [0.1, 0.15) is 77.2 Å². The van der Waals surface area contributed by atoms with Gasteiger partial charge in [-0.25, -0.2) is 9.97 Å². The van der Waals surface area contributed by atoms with E-state index in [9.17, 15) is 9.59 Å². The van der Waals surface area contributed by atoms with Gasteiger partial charge in [0, 0.05) is 29.8 Å². The summed E-state index contributed by atoms with van der Waals surface area (Å²) in [6, 6.07) is 13.9. The molecule has 0 bridgehead atoms. The smallest absolute Gasteiger partial charge is 0.254 e. The fraction of sp³-hybridized carbons (Fsp3) is 0.407. The van der Waals surface area contributed by atoms with Gasteiger partial charge in [0.2, 0.25) is 0 Å². The Hall–Kier alpha value is -3.28. The Morgan fingerprint density at radius 2 is 1.52 bits per heavy atom. The van der Waals surface area contributed by atoms with Gasteiger partial charge in [-0.1, -0.05) is 26.0 Å². The van der Waals surface area contributed by atoms with Gasteiger partial charge in [0.15, 0.2) is 0 Å². The Labute approximate surface area is 194 Å². The Bertz CT molecular complexity index is 1200. The average Bonchev–Trinajstić information content (AvgIpc) is 3.76. The molecule has 2 aliphatic rings. The minimum atomic E-state index is -0.0193. The van der Waals surface area contributed by atoms with Gasteiger partial charge in [-0.3, -0.25) is 9.59 Å². The third-order valence-corrected chi connectivity index (χ3v) is 6.47. The van der Waals surface area contributed by atoms with Gasteiger partial charge in [0.1, 0.15) is 0 Å². The number of hydrogen-bond donors (Lipinski definition) is 1. The lowest BCUT2D eigenvalue weighted by Crippen LogP contribution is -2.32. The Balaban J connectivity index is 1.35. The molecule has 0 unspecified atom stereocenters. The maximum absolute atomic E-state index is 13.5. The first-order valence-electron chi connectivity index (χ1n) is 12.1.